The van der Waals surface area contributed by atoms with Crippen LogP contribution >= 0.6 is 0 Å². The van der Waals surface area contributed by atoms with Crippen LogP contribution in [-0.2, 0) is 0 Å². The maximum absolute atomic E-state index is 5.73. The summed E-state index contributed by atoms with van der Waals surface area (Å²) in [5, 5.41) is 0. The molecule has 1 atom stereocenters. The molecule has 1 rings (SSSR count). The summed E-state index contributed by atoms with van der Waals surface area (Å²) in [6.45, 7) is 9.99. The summed E-state index contributed by atoms with van der Waals surface area (Å²) in [6, 6.07) is 3.81. The van der Waals surface area contributed by atoms with Crippen LogP contribution in [0.4, 0.5) is 0 Å². The predicted molar refractivity (Wildman–Crippen MR) is 70.1 cm³/mol. The number of nitrogens with zero attached hydrogens (tertiary/aromatic N) is 2. The van der Waals surface area contributed by atoms with Gasteiger partial charge < -0.3 is 15.4 Å². The Hall–Kier alpha value is -1.13. The van der Waals surface area contributed by atoms with Gasteiger partial charge in [0.15, 0.2) is 0 Å². The molecule has 1 heterocycles. The molecule has 4 nitrogen and oxygen atoms in total. The molecule has 0 unspecified atom stereocenters. The third kappa shape index (κ3) is 4.71. The Morgan fingerprint density at radius 3 is 2.53 bits per heavy atom. The van der Waals surface area contributed by atoms with Gasteiger partial charge in [0.1, 0.15) is 12.4 Å². The summed E-state index contributed by atoms with van der Waals surface area (Å²) < 4.78 is 5.63. The minimum Gasteiger partial charge on any atom is -0.491 e. The van der Waals surface area contributed by atoms with Gasteiger partial charge in [-0.1, -0.05) is 13.8 Å². The lowest BCUT2D eigenvalue weighted by Crippen LogP contribution is -2.27. The van der Waals surface area contributed by atoms with Crippen LogP contribution in [0.2, 0.25) is 0 Å². The number of ether oxygens (including phenoxy) is 1. The van der Waals surface area contributed by atoms with Crippen LogP contribution in [-0.4, -0.2) is 36.1 Å². The van der Waals surface area contributed by atoms with Crippen molar-refractivity contribution in [1.29, 1.82) is 0 Å². The third-order valence-corrected chi connectivity index (χ3v) is 2.80. The highest BCUT2D eigenvalue weighted by atomic mass is 16.5. The van der Waals surface area contributed by atoms with Crippen LogP contribution in [0.1, 0.15) is 32.5 Å². The summed E-state index contributed by atoms with van der Waals surface area (Å²) in [7, 11) is 0. The Labute approximate surface area is 104 Å². The molecule has 0 aliphatic rings. The molecule has 0 saturated carbocycles. The number of hydrogen-bond donors (Lipinski definition) is 1. The molecular formula is C13H23N3O. The highest BCUT2D eigenvalue weighted by Gasteiger charge is 2.02. The highest BCUT2D eigenvalue weighted by molar-refractivity contribution is 5.21. The molecular weight excluding hydrogens is 214 g/mol. The molecule has 0 aliphatic heterocycles. The fourth-order valence-corrected chi connectivity index (χ4v) is 1.58. The summed E-state index contributed by atoms with van der Waals surface area (Å²) in [5.41, 5.74) is 6.62. The second-order valence-electron chi connectivity index (χ2n) is 4.08. The Balaban J connectivity index is 2.37. The van der Waals surface area contributed by atoms with Crippen molar-refractivity contribution >= 4 is 0 Å². The van der Waals surface area contributed by atoms with Gasteiger partial charge in [-0.05, 0) is 32.1 Å². The van der Waals surface area contributed by atoms with Gasteiger partial charge in [0, 0.05) is 12.6 Å². The molecule has 17 heavy (non-hydrogen) atoms. The maximum Gasteiger partial charge on any atom is 0.137 e. The van der Waals surface area contributed by atoms with E-state index in [0.29, 0.717) is 6.61 Å². The molecule has 1 aromatic rings. The zero-order valence-corrected chi connectivity index (χ0v) is 11.0. The van der Waals surface area contributed by atoms with Crippen LogP contribution in [0, 0.1) is 0 Å². The Bertz CT molecular complexity index is 307. The first kappa shape index (κ1) is 13.9. The van der Waals surface area contributed by atoms with Gasteiger partial charge >= 0.3 is 0 Å². The molecule has 0 saturated heterocycles. The monoisotopic (exact) mass is 237 g/mol. The van der Waals surface area contributed by atoms with Crippen molar-refractivity contribution in [2.24, 2.45) is 5.73 Å². The Kier molecular flexibility index (Phi) is 5.94. The second-order valence-corrected chi connectivity index (χ2v) is 4.08. The van der Waals surface area contributed by atoms with Gasteiger partial charge in [-0.3, -0.25) is 4.98 Å². The second kappa shape index (κ2) is 7.25. The largest absolute Gasteiger partial charge is 0.491 e. The lowest BCUT2D eigenvalue weighted by Gasteiger charge is -2.18. The minimum absolute atomic E-state index is 0.0280. The third-order valence-electron chi connectivity index (χ3n) is 2.80. The van der Waals surface area contributed by atoms with Crippen molar-refractivity contribution in [3.63, 3.8) is 0 Å². The first-order valence-electron chi connectivity index (χ1n) is 6.24. The molecule has 96 valence electrons. The Morgan fingerprint density at radius 2 is 2.06 bits per heavy atom. The first-order chi connectivity index (χ1) is 8.17. The van der Waals surface area contributed by atoms with Crippen molar-refractivity contribution in [2.75, 3.05) is 26.2 Å². The fraction of sp³-hybridized carbons (Fsp3) is 0.615. The number of hydrogen-bond acceptors (Lipinski definition) is 4. The maximum atomic E-state index is 5.73. The van der Waals surface area contributed by atoms with Crippen LogP contribution in [0.5, 0.6) is 5.75 Å². The minimum atomic E-state index is -0.0280. The quantitative estimate of drug-likeness (QED) is 0.786. The summed E-state index contributed by atoms with van der Waals surface area (Å²) in [6.07, 6.45) is 1.74. The predicted octanol–water partition coefficient (Wildman–Crippen LogP) is 1.82. The number of aromatic nitrogens is 1. The van der Waals surface area contributed by atoms with Gasteiger partial charge in [-0.25, -0.2) is 0 Å². The molecule has 1 aromatic heterocycles. The van der Waals surface area contributed by atoms with Crippen LogP contribution in [0.15, 0.2) is 18.3 Å². The van der Waals surface area contributed by atoms with Crippen molar-refractivity contribution in [3.05, 3.63) is 24.0 Å². The van der Waals surface area contributed by atoms with E-state index in [1.54, 1.807) is 6.20 Å². The van der Waals surface area contributed by atoms with Crippen LogP contribution in [0.3, 0.4) is 0 Å². The number of nitrogens with two attached hydrogens (primary N) is 1. The lowest BCUT2D eigenvalue weighted by atomic mass is 10.2. The van der Waals surface area contributed by atoms with E-state index >= 15 is 0 Å². The average molecular weight is 237 g/mol. The van der Waals surface area contributed by atoms with Crippen molar-refractivity contribution in [3.8, 4) is 5.75 Å². The molecule has 0 aliphatic carbocycles. The first-order valence-corrected chi connectivity index (χ1v) is 6.24. The topological polar surface area (TPSA) is 51.4 Å². The summed E-state index contributed by atoms with van der Waals surface area (Å²) in [4.78, 5) is 6.58. The smallest absolute Gasteiger partial charge is 0.137 e. The van der Waals surface area contributed by atoms with E-state index in [1.807, 2.05) is 19.1 Å². The molecule has 4 heteroatoms. The van der Waals surface area contributed by atoms with Gasteiger partial charge in [0.05, 0.1) is 11.9 Å². The zero-order valence-electron chi connectivity index (χ0n) is 11.0. The van der Waals surface area contributed by atoms with E-state index in [-0.39, 0.29) is 6.04 Å². The van der Waals surface area contributed by atoms with Gasteiger partial charge in [0.25, 0.3) is 0 Å². The van der Waals surface area contributed by atoms with Crippen molar-refractivity contribution < 1.29 is 4.74 Å². The molecule has 0 aromatic carbocycles. The summed E-state index contributed by atoms with van der Waals surface area (Å²) in [5.74, 6) is 0.807. The SMILES string of the molecule is CCN(CC)CCOc1ccc([C@@H](C)N)nc1. The Morgan fingerprint density at radius 1 is 1.35 bits per heavy atom. The molecule has 0 spiro atoms. The number of pyridine rings is 1. The van der Waals surface area contributed by atoms with Crippen LogP contribution in [0.25, 0.3) is 0 Å². The average Bonchev–Trinajstić information content (AvgIpc) is 2.35. The van der Waals surface area contributed by atoms with Gasteiger partial charge in [0.2, 0.25) is 0 Å². The molecule has 0 fully saturated rings. The molecule has 0 amide bonds. The molecule has 2 N–H and O–H groups in total. The fourth-order valence-electron chi connectivity index (χ4n) is 1.58. The van der Waals surface area contributed by atoms with E-state index < -0.39 is 0 Å². The van der Waals surface area contributed by atoms with Crippen molar-refractivity contribution in [1.82, 2.24) is 9.88 Å². The summed E-state index contributed by atoms with van der Waals surface area (Å²) >= 11 is 0. The highest BCUT2D eigenvalue weighted by Crippen LogP contribution is 2.12. The molecule has 0 radical (unpaired) electrons. The van der Waals surface area contributed by atoms with E-state index in [0.717, 1.165) is 31.1 Å². The van der Waals surface area contributed by atoms with Gasteiger partial charge in [-0.2, -0.15) is 0 Å². The van der Waals surface area contributed by atoms with Crippen LogP contribution < -0.4 is 10.5 Å². The lowest BCUT2D eigenvalue weighted by molar-refractivity contribution is 0.222. The van der Waals surface area contributed by atoms with E-state index in [9.17, 15) is 0 Å². The standard InChI is InChI=1S/C13H23N3O/c1-4-16(5-2)8-9-17-12-6-7-13(11(3)14)15-10-12/h6-7,10-11H,4-5,8-9,14H2,1-3H3/t11-/m1/s1. The molecule has 0 bridgehead atoms. The van der Waals surface area contributed by atoms with E-state index in [4.69, 9.17) is 10.5 Å². The zero-order chi connectivity index (χ0) is 12.7. The van der Waals surface area contributed by atoms with Crippen molar-refractivity contribution in [2.45, 2.75) is 26.8 Å². The van der Waals surface area contributed by atoms with E-state index in [2.05, 4.69) is 23.7 Å². The number of likely N-dealkylation sites (N-methyl/N-ethyl adjacent to an activating group) is 1. The van der Waals surface area contributed by atoms with E-state index in [1.165, 1.54) is 0 Å². The normalized spacial score (nSPS) is 12.8. The van der Waals surface area contributed by atoms with Gasteiger partial charge in [-0.15, -0.1) is 0 Å². The number of rotatable bonds is 7.